The molecule has 1 atom stereocenters. The molecule has 0 heterocycles. The fourth-order valence-corrected chi connectivity index (χ4v) is 5.44. The van der Waals surface area contributed by atoms with E-state index in [-0.39, 0.29) is 17.3 Å². The Morgan fingerprint density at radius 3 is 2.15 bits per heavy atom. The minimum atomic E-state index is -4.09. The summed E-state index contributed by atoms with van der Waals surface area (Å²) in [5, 5.41) is 2.92. The van der Waals surface area contributed by atoms with Crippen LogP contribution in [0.15, 0.2) is 83.8 Å². The molecule has 0 aromatic heterocycles. The summed E-state index contributed by atoms with van der Waals surface area (Å²) in [7, 11) is -2.52. The molecule has 3 rings (SSSR count). The summed E-state index contributed by atoms with van der Waals surface area (Å²) in [6, 6.07) is 21.3. The number of rotatable bonds is 10. The van der Waals surface area contributed by atoms with Crippen molar-refractivity contribution in [3.63, 3.8) is 0 Å². The molecule has 0 radical (unpaired) electrons. The lowest BCUT2D eigenvalue weighted by atomic mass is 10.1. The SMILES string of the molecule is COc1ccc(CN(C(=O)CN(c2cccc(C)c2)S(=O)(=O)c2ccccc2)[C@@H](C)C(=O)NC(C)(C)C)cc1. The van der Waals surface area contributed by atoms with Crippen molar-refractivity contribution < 1.29 is 22.7 Å². The number of anilines is 1. The third-order valence-electron chi connectivity index (χ3n) is 6.08. The Bertz CT molecular complexity index is 1380. The average molecular weight is 552 g/mol. The molecule has 39 heavy (non-hydrogen) atoms. The Labute approximate surface area is 231 Å². The lowest BCUT2D eigenvalue weighted by molar-refractivity contribution is -0.140. The maximum Gasteiger partial charge on any atom is 0.264 e. The Balaban J connectivity index is 2.02. The summed E-state index contributed by atoms with van der Waals surface area (Å²) in [6.07, 6.45) is 0. The van der Waals surface area contributed by atoms with Gasteiger partial charge in [-0.3, -0.25) is 13.9 Å². The molecule has 8 nitrogen and oxygen atoms in total. The minimum absolute atomic E-state index is 0.0690. The zero-order valence-corrected chi connectivity index (χ0v) is 24.2. The number of aryl methyl sites for hydroxylation is 1. The molecule has 0 aliphatic rings. The summed E-state index contributed by atoms with van der Waals surface area (Å²) in [6.45, 7) is 8.70. The van der Waals surface area contributed by atoms with Crippen LogP contribution in [0.1, 0.15) is 38.8 Å². The highest BCUT2D eigenvalue weighted by atomic mass is 32.2. The molecule has 9 heteroatoms. The van der Waals surface area contributed by atoms with Gasteiger partial charge in [0.1, 0.15) is 18.3 Å². The van der Waals surface area contributed by atoms with E-state index in [1.165, 1.54) is 17.0 Å². The van der Waals surface area contributed by atoms with Crippen molar-refractivity contribution in [1.82, 2.24) is 10.2 Å². The topological polar surface area (TPSA) is 96.0 Å². The zero-order valence-electron chi connectivity index (χ0n) is 23.3. The molecule has 208 valence electrons. The Morgan fingerprint density at radius 1 is 0.949 bits per heavy atom. The molecule has 0 spiro atoms. The molecular formula is C30H37N3O5S. The van der Waals surface area contributed by atoms with Crippen molar-refractivity contribution >= 4 is 27.5 Å². The van der Waals surface area contributed by atoms with E-state index in [1.54, 1.807) is 62.6 Å². The van der Waals surface area contributed by atoms with Gasteiger partial charge in [-0.25, -0.2) is 8.42 Å². The van der Waals surface area contributed by atoms with E-state index in [0.29, 0.717) is 11.4 Å². The van der Waals surface area contributed by atoms with E-state index in [4.69, 9.17) is 4.74 Å². The van der Waals surface area contributed by atoms with Crippen molar-refractivity contribution in [3.05, 3.63) is 90.0 Å². The number of amides is 2. The summed E-state index contributed by atoms with van der Waals surface area (Å²) < 4.78 is 33.9. The molecule has 3 aromatic carbocycles. The van der Waals surface area contributed by atoms with Crippen LogP contribution in [0.2, 0.25) is 0 Å². The van der Waals surface area contributed by atoms with Crippen LogP contribution in [0.4, 0.5) is 5.69 Å². The van der Waals surface area contributed by atoms with Crippen LogP contribution in [0.25, 0.3) is 0 Å². The first-order valence-corrected chi connectivity index (χ1v) is 14.1. The molecule has 1 N–H and O–H groups in total. The van der Waals surface area contributed by atoms with Gasteiger partial charge >= 0.3 is 0 Å². The summed E-state index contributed by atoms with van der Waals surface area (Å²) in [5.41, 5.74) is 1.47. The maximum atomic E-state index is 13.9. The third-order valence-corrected chi connectivity index (χ3v) is 7.87. The van der Waals surface area contributed by atoms with Crippen LogP contribution < -0.4 is 14.4 Å². The van der Waals surface area contributed by atoms with Crippen molar-refractivity contribution in [2.75, 3.05) is 18.0 Å². The van der Waals surface area contributed by atoms with Gasteiger partial charge in [0, 0.05) is 12.1 Å². The van der Waals surface area contributed by atoms with Gasteiger partial charge in [-0.05, 0) is 82.1 Å². The number of nitrogens with one attached hydrogen (secondary N) is 1. The van der Waals surface area contributed by atoms with E-state index < -0.39 is 34.1 Å². The van der Waals surface area contributed by atoms with E-state index >= 15 is 0 Å². The first kappa shape index (κ1) is 29.7. The van der Waals surface area contributed by atoms with Crippen molar-refractivity contribution in [1.29, 1.82) is 0 Å². The van der Waals surface area contributed by atoms with Crippen molar-refractivity contribution in [2.45, 2.75) is 57.6 Å². The Morgan fingerprint density at radius 2 is 1.59 bits per heavy atom. The van der Waals surface area contributed by atoms with Gasteiger partial charge in [0.2, 0.25) is 11.8 Å². The molecule has 0 aliphatic carbocycles. The minimum Gasteiger partial charge on any atom is -0.497 e. The molecule has 3 aromatic rings. The van der Waals surface area contributed by atoms with Gasteiger partial charge in [0.25, 0.3) is 10.0 Å². The van der Waals surface area contributed by atoms with Gasteiger partial charge in [0.15, 0.2) is 0 Å². The molecule has 0 unspecified atom stereocenters. The largest absolute Gasteiger partial charge is 0.497 e. The maximum absolute atomic E-state index is 13.9. The Kier molecular flexibility index (Phi) is 9.40. The number of hydrogen-bond donors (Lipinski definition) is 1. The van der Waals surface area contributed by atoms with Crippen LogP contribution in [0.5, 0.6) is 5.75 Å². The van der Waals surface area contributed by atoms with Gasteiger partial charge in [0.05, 0.1) is 17.7 Å². The van der Waals surface area contributed by atoms with Crippen molar-refractivity contribution in [3.8, 4) is 5.75 Å². The van der Waals surface area contributed by atoms with Crippen LogP contribution in [-0.2, 0) is 26.2 Å². The second-order valence-electron chi connectivity index (χ2n) is 10.4. The van der Waals surface area contributed by atoms with Gasteiger partial charge < -0.3 is 15.0 Å². The van der Waals surface area contributed by atoms with Crippen molar-refractivity contribution in [2.24, 2.45) is 0 Å². The number of benzene rings is 3. The van der Waals surface area contributed by atoms with Crippen LogP contribution >= 0.6 is 0 Å². The fourth-order valence-electron chi connectivity index (χ4n) is 4.02. The van der Waals surface area contributed by atoms with Gasteiger partial charge in [-0.2, -0.15) is 0 Å². The van der Waals surface area contributed by atoms with Gasteiger partial charge in [-0.1, -0.05) is 42.5 Å². The lowest BCUT2D eigenvalue weighted by Gasteiger charge is -2.33. The van der Waals surface area contributed by atoms with Crippen LogP contribution in [-0.4, -0.2) is 50.4 Å². The molecule has 0 bridgehead atoms. The van der Waals surface area contributed by atoms with E-state index in [9.17, 15) is 18.0 Å². The predicted octanol–water partition coefficient (Wildman–Crippen LogP) is 4.53. The summed E-state index contributed by atoms with van der Waals surface area (Å²) in [5.74, 6) is -0.185. The van der Waals surface area contributed by atoms with E-state index in [0.717, 1.165) is 15.4 Å². The third kappa shape index (κ3) is 7.83. The highest BCUT2D eigenvalue weighted by molar-refractivity contribution is 7.92. The molecule has 2 amide bonds. The van der Waals surface area contributed by atoms with Gasteiger partial charge in [-0.15, -0.1) is 0 Å². The number of ether oxygens (including phenoxy) is 1. The lowest BCUT2D eigenvalue weighted by Crippen LogP contribution is -2.54. The standard InChI is InChI=1S/C30H37N3O5S/c1-22-11-10-12-25(19-22)33(39(36,37)27-13-8-7-9-14-27)21-28(34)32(23(2)29(35)31-30(3,4)5)20-24-15-17-26(38-6)18-16-24/h7-19,23H,20-21H2,1-6H3,(H,31,35)/t23-/m0/s1. The first-order chi connectivity index (χ1) is 18.3. The average Bonchev–Trinajstić information content (AvgIpc) is 2.89. The summed E-state index contributed by atoms with van der Waals surface area (Å²) in [4.78, 5) is 28.6. The second kappa shape index (κ2) is 12.3. The molecule has 0 saturated heterocycles. The first-order valence-electron chi connectivity index (χ1n) is 12.7. The molecule has 0 aliphatic heterocycles. The number of methoxy groups -OCH3 is 1. The predicted molar refractivity (Wildman–Crippen MR) is 153 cm³/mol. The van der Waals surface area contributed by atoms with E-state index in [2.05, 4.69) is 5.32 Å². The number of nitrogens with zero attached hydrogens (tertiary/aromatic N) is 2. The second-order valence-corrected chi connectivity index (χ2v) is 12.3. The zero-order chi connectivity index (χ0) is 28.8. The number of hydrogen-bond acceptors (Lipinski definition) is 5. The van der Waals surface area contributed by atoms with Crippen LogP contribution in [0.3, 0.4) is 0 Å². The number of sulfonamides is 1. The Hall–Kier alpha value is -3.85. The number of carbonyl (C=O) groups is 2. The molecular weight excluding hydrogens is 514 g/mol. The summed E-state index contributed by atoms with van der Waals surface area (Å²) >= 11 is 0. The highest BCUT2D eigenvalue weighted by Crippen LogP contribution is 2.25. The molecule has 0 saturated carbocycles. The molecule has 0 fully saturated rings. The number of carbonyl (C=O) groups excluding carboxylic acids is 2. The fraction of sp³-hybridized carbons (Fsp3) is 0.333. The quantitative estimate of drug-likeness (QED) is 0.399. The normalized spacial score (nSPS) is 12.4. The van der Waals surface area contributed by atoms with E-state index in [1.807, 2.05) is 45.9 Å². The smallest absolute Gasteiger partial charge is 0.264 e. The van der Waals surface area contributed by atoms with Crippen LogP contribution in [0, 0.1) is 6.92 Å². The highest BCUT2D eigenvalue weighted by Gasteiger charge is 2.33. The monoisotopic (exact) mass is 551 g/mol.